The molecule has 1 aromatic rings. The maximum atomic E-state index is 11.0. The van der Waals surface area contributed by atoms with Gasteiger partial charge in [0, 0.05) is 6.42 Å². The van der Waals surface area contributed by atoms with E-state index in [2.05, 4.69) is 10.9 Å². The quantitative estimate of drug-likeness (QED) is 0.513. The van der Waals surface area contributed by atoms with Gasteiger partial charge in [0.1, 0.15) is 11.9 Å². The molecule has 5 nitrogen and oxygen atoms in total. The van der Waals surface area contributed by atoms with Crippen molar-refractivity contribution < 1.29 is 14.7 Å². The van der Waals surface area contributed by atoms with Gasteiger partial charge in [-0.25, -0.2) is 5.43 Å². The first kappa shape index (κ1) is 13.5. The Labute approximate surface area is 104 Å². The van der Waals surface area contributed by atoms with Crippen molar-refractivity contribution in [2.75, 3.05) is 5.88 Å². The first-order valence-corrected chi connectivity index (χ1v) is 5.54. The second-order valence-electron chi connectivity index (χ2n) is 3.41. The van der Waals surface area contributed by atoms with Crippen LogP contribution in [0.25, 0.3) is 0 Å². The Bertz CT molecular complexity index is 384. The van der Waals surface area contributed by atoms with Crippen LogP contribution in [0, 0.1) is 0 Å². The van der Waals surface area contributed by atoms with Crippen LogP contribution in [-0.2, 0) is 16.0 Å². The fourth-order valence-corrected chi connectivity index (χ4v) is 1.32. The molecule has 0 heterocycles. The molecule has 0 saturated carbocycles. The highest BCUT2D eigenvalue weighted by Gasteiger charge is 2.17. The van der Waals surface area contributed by atoms with Gasteiger partial charge in [0.15, 0.2) is 0 Å². The van der Waals surface area contributed by atoms with Gasteiger partial charge in [0.05, 0.1) is 0 Å². The predicted octanol–water partition coefficient (Wildman–Crippen LogP) is 0.542. The maximum Gasteiger partial charge on any atom is 0.322 e. The van der Waals surface area contributed by atoms with Crippen LogP contribution >= 0.6 is 11.6 Å². The van der Waals surface area contributed by atoms with Crippen molar-refractivity contribution in [2.24, 2.45) is 0 Å². The van der Waals surface area contributed by atoms with Crippen LogP contribution in [0.3, 0.4) is 0 Å². The standard InChI is InChI=1S/C11H13ClN2O3/c12-7-10(15)14-13-9(11(16)17)6-8-4-2-1-3-5-8/h1-5,9,13H,6-7H2,(H,14,15)(H,16,17)/t9-/m0/s1. The minimum atomic E-state index is -1.04. The van der Waals surface area contributed by atoms with E-state index in [9.17, 15) is 9.59 Å². The second kappa shape index (κ2) is 6.88. The number of carboxylic acid groups (broad SMARTS) is 1. The summed E-state index contributed by atoms with van der Waals surface area (Å²) in [6.45, 7) is 0. The Morgan fingerprint density at radius 3 is 2.47 bits per heavy atom. The van der Waals surface area contributed by atoms with Crippen molar-refractivity contribution in [1.82, 2.24) is 10.9 Å². The lowest BCUT2D eigenvalue weighted by atomic mass is 10.1. The molecule has 0 bridgehead atoms. The van der Waals surface area contributed by atoms with Gasteiger partial charge in [-0.05, 0) is 5.56 Å². The minimum Gasteiger partial charge on any atom is -0.480 e. The number of aliphatic carboxylic acids is 1. The van der Waals surface area contributed by atoms with E-state index in [1.165, 1.54) is 0 Å². The number of carbonyl (C=O) groups excluding carboxylic acids is 1. The van der Waals surface area contributed by atoms with Crippen molar-refractivity contribution in [2.45, 2.75) is 12.5 Å². The minimum absolute atomic E-state index is 0.218. The number of alkyl halides is 1. The Kier molecular flexibility index (Phi) is 5.45. The number of benzene rings is 1. The Morgan fingerprint density at radius 2 is 1.94 bits per heavy atom. The normalized spacial score (nSPS) is 11.8. The van der Waals surface area contributed by atoms with Gasteiger partial charge in [0.2, 0.25) is 5.91 Å². The summed E-state index contributed by atoms with van der Waals surface area (Å²) in [4.78, 5) is 21.9. The number of halogens is 1. The van der Waals surface area contributed by atoms with Crippen LogP contribution in [0.15, 0.2) is 30.3 Å². The van der Waals surface area contributed by atoms with Crippen LogP contribution in [0.4, 0.5) is 0 Å². The van der Waals surface area contributed by atoms with Crippen molar-refractivity contribution >= 4 is 23.5 Å². The van der Waals surface area contributed by atoms with Gasteiger partial charge in [0.25, 0.3) is 0 Å². The summed E-state index contributed by atoms with van der Waals surface area (Å²) in [5.74, 6) is -1.72. The summed E-state index contributed by atoms with van der Waals surface area (Å²) in [7, 11) is 0. The molecule has 0 saturated heterocycles. The molecule has 0 fully saturated rings. The van der Waals surface area contributed by atoms with E-state index in [-0.39, 0.29) is 12.3 Å². The summed E-state index contributed by atoms with van der Waals surface area (Å²) in [6, 6.07) is 8.26. The van der Waals surface area contributed by atoms with E-state index in [0.717, 1.165) is 5.56 Å². The molecule has 1 amide bonds. The van der Waals surface area contributed by atoms with E-state index >= 15 is 0 Å². The molecule has 1 atom stereocenters. The van der Waals surface area contributed by atoms with Crippen LogP contribution in [-0.4, -0.2) is 28.9 Å². The van der Waals surface area contributed by atoms with Crippen LogP contribution in [0.2, 0.25) is 0 Å². The molecule has 0 aliphatic heterocycles. The van der Waals surface area contributed by atoms with E-state index in [4.69, 9.17) is 16.7 Å². The third-order valence-corrected chi connectivity index (χ3v) is 2.33. The monoisotopic (exact) mass is 256 g/mol. The van der Waals surface area contributed by atoms with Crippen molar-refractivity contribution in [3.05, 3.63) is 35.9 Å². The maximum absolute atomic E-state index is 11.0. The van der Waals surface area contributed by atoms with Gasteiger partial charge < -0.3 is 5.11 Å². The number of carbonyl (C=O) groups is 2. The number of rotatable bonds is 6. The van der Waals surface area contributed by atoms with Gasteiger partial charge in [-0.3, -0.25) is 15.0 Å². The molecule has 0 spiro atoms. The summed E-state index contributed by atoms with van der Waals surface area (Å²) < 4.78 is 0. The topological polar surface area (TPSA) is 78.4 Å². The van der Waals surface area contributed by atoms with Gasteiger partial charge >= 0.3 is 5.97 Å². The molecule has 3 N–H and O–H groups in total. The highest BCUT2D eigenvalue weighted by atomic mass is 35.5. The molecule has 0 aliphatic rings. The summed E-state index contributed by atoms with van der Waals surface area (Å²) in [5.41, 5.74) is 5.54. The zero-order valence-electron chi connectivity index (χ0n) is 9.02. The summed E-state index contributed by atoms with van der Waals surface area (Å²) >= 11 is 5.28. The molecule has 6 heteroatoms. The average molecular weight is 257 g/mol. The fraction of sp³-hybridized carbons (Fsp3) is 0.273. The largest absolute Gasteiger partial charge is 0.480 e. The van der Waals surface area contributed by atoms with Gasteiger partial charge in [-0.1, -0.05) is 30.3 Å². The zero-order valence-corrected chi connectivity index (χ0v) is 9.78. The molecule has 0 aromatic heterocycles. The van der Waals surface area contributed by atoms with E-state index < -0.39 is 17.9 Å². The van der Waals surface area contributed by atoms with Crippen molar-refractivity contribution in [3.8, 4) is 0 Å². The summed E-state index contributed by atoms with van der Waals surface area (Å²) in [5, 5.41) is 8.97. The average Bonchev–Trinajstić information content (AvgIpc) is 2.34. The molecule has 92 valence electrons. The third-order valence-electron chi connectivity index (χ3n) is 2.09. The molecule has 17 heavy (non-hydrogen) atoms. The number of carboxylic acids is 1. The number of hydrogen-bond acceptors (Lipinski definition) is 3. The SMILES string of the molecule is O=C(CCl)NN[C@@H](Cc1ccccc1)C(=O)O. The smallest absolute Gasteiger partial charge is 0.322 e. The highest BCUT2D eigenvalue weighted by molar-refractivity contribution is 6.27. The van der Waals surface area contributed by atoms with Gasteiger partial charge in [-0.2, -0.15) is 0 Å². The molecule has 1 aromatic carbocycles. The Balaban J connectivity index is 2.55. The van der Waals surface area contributed by atoms with Gasteiger partial charge in [-0.15, -0.1) is 11.6 Å². The van der Waals surface area contributed by atoms with E-state index in [1.807, 2.05) is 30.3 Å². The third kappa shape index (κ3) is 4.84. The first-order valence-electron chi connectivity index (χ1n) is 5.00. The van der Waals surface area contributed by atoms with E-state index in [1.54, 1.807) is 0 Å². The zero-order chi connectivity index (χ0) is 12.7. The predicted molar refractivity (Wildman–Crippen MR) is 63.6 cm³/mol. The second-order valence-corrected chi connectivity index (χ2v) is 3.67. The van der Waals surface area contributed by atoms with E-state index in [0.29, 0.717) is 0 Å². The van der Waals surface area contributed by atoms with Crippen LogP contribution in [0.5, 0.6) is 0 Å². The molecule has 0 aliphatic carbocycles. The lowest BCUT2D eigenvalue weighted by Gasteiger charge is -2.14. The van der Waals surface area contributed by atoms with Crippen molar-refractivity contribution in [3.63, 3.8) is 0 Å². The lowest BCUT2D eigenvalue weighted by Crippen LogP contribution is -2.49. The highest BCUT2D eigenvalue weighted by Crippen LogP contribution is 2.02. The fourth-order valence-electron chi connectivity index (χ4n) is 1.25. The number of amides is 1. The molecular weight excluding hydrogens is 244 g/mol. The first-order chi connectivity index (χ1) is 8.13. The number of nitrogens with one attached hydrogen (secondary N) is 2. The number of hydrazine groups is 1. The Morgan fingerprint density at radius 1 is 1.29 bits per heavy atom. The molecule has 1 rings (SSSR count). The van der Waals surface area contributed by atoms with Crippen molar-refractivity contribution in [1.29, 1.82) is 0 Å². The van der Waals surface area contributed by atoms with Crippen LogP contribution < -0.4 is 10.9 Å². The Hall–Kier alpha value is -1.59. The lowest BCUT2D eigenvalue weighted by molar-refractivity contribution is -0.140. The molecular formula is C11H13ClN2O3. The molecule has 0 radical (unpaired) electrons. The summed E-state index contributed by atoms with van der Waals surface area (Å²) in [6.07, 6.45) is 0.277. The number of hydrogen-bond donors (Lipinski definition) is 3. The molecule has 0 unspecified atom stereocenters. The van der Waals surface area contributed by atoms with Crippen LogP contribution in [0.1, 0.15) is 5.56 Å².